The van der Waals surface area contributed by atoms with Crippen molar-refractivity contribution in [3.63, 3.8) is 0 Å². The number of fused-ring (bicyclic) bond motifs is 1. The van der Waals surface area contributed by atoms with Crippen molar-refractivity contribution in [3.05, 3.63) is 65.7 Å². The molecule has 0 radical (unpaired) electrons. The fraction of sp³-hybridized carbons (Fsp3) is 0.238. The number of hydrogen-bond acceptors (Lipinski definition) is 7. The van der Waals surface area contributed by atoms with Gasteiger partial charge in [0.15, 0.2) is 0 Å². The van der Waals surface area contributed by atoms with E-state index in [1.807, 2.05) is 19.1 Å². The Labute approximate surface area is 175 Å². The molecule has 3 N–H and O–H groups in total. The summed E-state index contributed by atoms with van der Waals surface area (Å²) in [5.41, 5.74) is 2.75. The number of aromatic nitrogens is 4. The van der Waals surface area contributed by atoms with Gasteiger partial charge in [0.05, 0.1) is 18.3 Å². The van der Waals surface area contributed by atoms with Gasteiger partial charge >= 0.3 is 0 Å². The summed E-state index contributed by atoms with van der Waals surface area (Å²) in [6.45, 7) is 2.34. The number of hydrogen-bond donors (Lipinski definition) is 3. The Morgan fingerprint density at radius 2 is 2.23 bits per heavy atom. The molecule has 4 aromatic rings. The fourth-order valence-electron chi connectivity index (χ4n) is 3.60. The molecule has 0 bridgehead atoms. The molecule has 1 aliphatic rings. The molecule has 0 spiro atoms. The second-order valence-electron chi connectivity index (χ2n) is 7.51. The van der Waals surface area contributed by atoms with Gasteiger partial charge in [0.25, 0.3) is 5.91 Å². The number of carbonyl (C=O) groups excluding carboxylic acids is 1. The van der Waals surface area contributed by atoms with E-state index in [-0.39, 0.29) is 11.7 Å². The van der Waals surface area contributed by atoms with Crippen molar-refractivity contribution in [2.24, 2.45) is 0 Å². The van der Waals surface area contributed by atoms with E-state index >= 15 is 0 Å². The number of aliphatic hydroxyl groups excluding tert-OH is 1. The van der Waals surface area contributed by atoms with E-state index in [1.165, 1.54) is 28.9 Å². The Bertz CT molecular complexity index is 1280. The van der Waals surface area contributed by atoms with Crippen LogP contribution < -0.4 is 10.6 Å². The Hall–Kier alpha value is -3.63. The molecule has 3 aromatic heterocycles. The first kappa shape index (κ1) is 19.3. The summed E-state index contributed by atoms with van der Waals surface area (Å²) in [7, 11) is 0. The largest absolute Gasteiger partial charge is 0.392 e. The summed E-state index contributed by atoms with van der Waals surface area (Å²) in [6.07, 6.45) is 2.69. The molecule has 0 aliphatic carbocycles. The maximum atomic E-state index is 13.6. The van der Waals surface area contributed by atoms with Crippen LogP contribution in [0.25, 0.3) is 17.0 Å². The summed E-state index contributed by atoms with van der Waals surface area (Å²) in [5, 5.41) is 19.7. The minimum absolute atomic E-state index is 0.184. The molecule has 158 valence electrons. The van der Waals surface area contributed by atoms with Crippen molar-refractivity contribution >= 4 is 17.2 Å². The maximum absolute atomic E-state index is 13.6. The van der Waals surface area contributed by atoms with E-state index in [2.05, 4.69) is 25.8 Å². The lowest BCUT2D eigenvalue weighted by molar-refractivity contribution is 0.102. The topological polar surface area (TPSA) is 118 Å². The quantitative estimate of drug-likeness (QED) is 0.462. The van der Waals surface area contributed by atoms with E-state index in [0.717, 1.165) is 5.56 Å². The Morgan fingerprint density at radius 1 is 1.35 bits per heavy atom. The first-order valence-corrected chi connectivity index (χ1v) is 9.78. The number of aliphatic hydroxyl groups is 1. The third kappa shape index (κ3) is 3.66. The highest BCUT2D eigenvalue weighted by Crippen LogP contribution is 2.27. The average molecular weight is 422 g/mol. The van der Waals surface area contributed by atoms with Crippen molar-refractivity contribution in [2.45, 2.75) is 25.5 Å². The second kappa shape index (κ2) is 7.56. The van der Waals surface area contributed by atoms with E-state index < -0.39 is 17.8 Å². The standard InChI is InChI=1S/C21H19FN6O3/c1-11-2-3-12(19-26-21(31-27-19)16-7-14(29)8-23-16)6-15(11)25-20(30)17-9-24-18-5-4-13(22)10-28(17)18/h2-6,9-10,14,16,23,29H,7-8H2,1H3,(H,25,30)/t14-,16?/m0/s1. The lowest BCUT2D eigenvalue weighted by Gasteiger charge is -2.09. The molecule has 0 saturated carbocycles. The first-order valence-electron chi connectivity index (χ1n) is 9.78. The number of rotatable bonds is 4. The average Bonchev–Trinajstić information content (AvgIpc) is 3.48. The van der Waals surface area contributed by atoms with Crippen molar-refractivity contribution in [2.75, 3.05) is 11.9 Å². The molecule has 2 atom stereocenters. The van der Waals surface area contributed by atoms with Gasteiger partial charge in [-0.15, -0.1) is 0 Å². The number of nitrogens with one attached hydrogen (secondary N) is 2. The summed E-state index contributed by atoms with van der Waals surface area (Å²) in [5.74, 6) is -0.0952. The van der Waals surface area contributed by atoms with Crippen molar-refractivity contribution in [1.82, 2.24) is 24.8 Å². The molecule has 1 aliphatic heterocycles. The predicted octanol–water partition coefficient (Wildman–Crippen LogP) is 2.48. The second-order valence-corrected chi connectivity index (χ2v) is 7.51. The summed E-state index contributed by atoms with van der Waals surface area (Å²) < 4.78 is 20.4. The van der Waals surface area contributed by atoms with Gasteiger partial charge in [-0.1, -0.05) is 17.3 Å². The third-order valence-electron chi connectivity index (χ3n) is 5.29. The fourth-order valence-corrected chi connectivity index (χ4v) is 3.60. The minimum atomic E-state index is -0.463. The summed E-state index contributed by atoms with van der Waals surface area (Å²) in [6, 6.07) is 8.04. The Balaban J connectivity index is 1.40. The SMILES string of the molecule is Cc1ccc(-c2noc(C3C[C@H](O)CN3)n2)cc1NC(=O)c1cnc2ccc(F)cn12. The number of benzene rings is 1. The molecule has 4 heterocycles. The highest BCUT2D eigenvalue weighted by atomic mass is 19.1. The zero-order valence-corrected chi connectivity index (χ0v) is 16.5. The van der Waals surface area contributed by atoms with Crippen LogP contribution in [-0.4, -0.2) is 43.2 Å². The zero-order chi connectivity index (χ0) is 21.5. The van der Waals surface area contributed by atoms with Gasteiger partial charge in [-0.3, -0.25) is 9.20 Å². The van der Waals surface area contributed by atoms with Gasteiger partial charge in [-0.2, -0.15) is 4.98 Å². The first-order chi connectivity index (χ1) is 15.0. The van der Waals surface area contributed by atoms with Crippen LogP contribution in [0.2, 0.25) is 0 Å². The van der Waals surface area contributed by atoms with Crippen LogP contribution >= 0.6 is 0 Å². The molecule has 1 aromatic carbocycles. The molecule has 31 heavy (non-hydrogen) atoms. The molecule has 9 nitrogen and oxygen atoms in total. The van der Waals surface area contributed by atoms with Gasteiger partial charge in [0.1, 0.15) is 17.2 Å². The van der Waals surface area contributed by atoms with Crippen molar-refractivity contribution in [1.29, 1.82) is 0 Å². The molecule has 1 saturated heterocycles. The number of amides is 1. The Kier molecular flexibility index (Phi) is 4.72. The van der Waals surface area contributed by atoms with Gasteiger partial charge in [-0.05, 0) is 37.1 Å². The summed E-state index contributed by atoms with van der Waals surface area (Å²) in [4.78, 5) is 21.4. The number of anilines is 1. The Morgan fingerprint density at radius 3 is 3.03 bits per heavy atom. The van der Waals surface area contributed by atoms with Crippen LogP contribution in [-0.2, 0) is 0 Å². The predicted molar refractivity (Wildman–Crippen MR) is 109 cm³/mol. The monoisotopic (exact) mass is 422 g/mol. The highest BCUT2D eigenvalue weighted by Gasteiger charge is 2.28. The number of pyridine rings is 1. The molecule has 5 rings (SSSR count). The van der Waals surface area contributed by atoms with Crippen LogP contribution in [0, 0.1) is 12.7 Å². The lowest BCUT2D eigenvalue weighted by atomic mass is 10.1. The zero-order valence-electron chi connectivity index (χ0n) is 16.5. The normalized spacial score (nSPS) is 18.5. The van der Waals surface area contributed by atoms with Crippen LogP contribution in [0.5, 0.6) is 0 Å². The number of β-amino-alcohol motifs (C(OH)–C–C–N with tert-alkyl or cyclic N) is 1. The van der Waals surface area contributed by atoms with Crippen LogP contribution in [0.3, 0.4) is 0 Å². The number of imidazole rings is 1. The highest BCUT2D eigenvalue weighted by molar-refractivity contribution is 6.04. The van der Waals surface area contributed by atoms with Crippen molar-refractivity contribution in [3.8, 4) is 11.4 Å². The number of aryl methyl sites for hydroxylation is 1. The van der Waals surface area contributed by atoms with Crippen molar-refractivity contribution < 1.29 is 18.8 Å². The van der Waals surface area contributed by atoms with Gasteiger partial charge in [0.2, 0.25) is 11.7 Å². The van der Waals surface area contributed by atoms with E-state index in [1.54, 1.807) is 6.07 Å². The lowest BCUT2D eigenvalue weighted by Crippen LogP contribution is -2.15. The molecular formula is C21H19FN6O3. The molecule has 1 unspecified atom stereocenters. The summed E-state index contributed by atoms with van der Waals surface area (Å²) >= 11 is 0. The molecule has 1 fully saturated rings. The van der Waals surface area contributed by atoms with Crippen LogP contribution in [0.15, 0.2) is 47.2 Å². The van der Waals surface area contributed by atoms with Crippen LogP contribution in [0.1, 0.15) is 34.4 Å². The van der Waals surface area contributed by atoms with E-state index in [9.17, 15) is 14.3 Å². The van der Waals surface area contributed by atoms with Crippen LogP contribution in [0.4, 0.5) is 10.1 Å². The van der Waals surface area contributed by atoms with Gasteiger partial charge < -0.3 is 20.3 Å². The maximum Gasteiger partial charge on any atom is 0.274 e. The molecular weight excluding hydrogens is 403 g/mol. The third-order valence-corrected chi connectivity index (χ3v) is 5.29. The molecule has 10 heteroatoms. The number of halogens is 1. The smallest absolute Gasteiger partial charge is 0.274 e. The minimum Gasteiger partial charge on any atom is -0.392 e. The number of carbonyl (C=O) groups is 1. The van der Waals surface area contributed by atoms with Gasteiger partial charge in [0, 0.05) is 24.0 Å². The number of nitrogens with zero attached hydrogens (tertiary/aromatic N) is 4. The van der Waals surface area contributed by atoms with Gasteiger partial charge in [-0.25, -0.2) is 9.37 Å². The van der Waals surface area contributed by atoms with E-state index in [0.29, 0.717) is 41.6 Å². The van der Waals surface area contributed by atoms with E-state index in [4.69, 9.17) is 4.52 Å². The molecule has 1 amide bonds.